The summed E-state index contributed by atoms with van der Waals surface area (Å²) in [5, 5.41) is 6.60. The molecular formula is C12H13BrN2O4. The summed E-state index contributed by atoms with van der Waals surface area (Å²) < 4.78 is 5.77. The molecule has 3 aliphatic rings. The van der Waals surface area contributed by atoms with Gasteiger partial charge in [0, 0.05) is 13.0 Å². The standard InChI is InChI=1S/C12H13BrN2O4/c1-2-3-14-11(17)7-5-12(19-15-7)4-6(13)8(16)9-10(12)18-9/h4,9-10H,2-3,5H2,1H3,(H,14,17)/t9-,10-,12+/m1/s1. The number of fused-ring (bicyclic) bond motifs is 2. The maximum Gasteiger partial charge on any atom is 0.269 e. The van der Waals surface area contributed by atoms with E-state index >= 15 is 0 Å². The van der Waals surface area contributed by atoms with Crippen molar-refractivity contribution in [1.82, 2.24) is 5.32 Å². The van der Waals surface area contributed by atoms with Crippen molar-refractivity contribution in [2.75, 3.05) is 6.54 Å². The number of oxime groups is 1. The van der Waals surface area contributed by atoms with Crippen LogP contribution in [0.1, 0.15) is 19.8 Å². The summed E-state index contributed by atoms with van der Waals surface area (Å²) in [5.74, 6) is -0.305. The number of nitrogens with zero attached hydrogens (tertiary/aromatic N) is 1. The number of amides is 1. The van der Waals surface area contributed by atoms with Crippen molar-refractivity contribution in [2.45, 2.75) is 37.6 Å². The molecule has 0 aromatic rings. The van der Waals surface area contributed by atoms with Gasteiger partial charge in [0.2, 0.25) is 5.78 Å². The van der Waals surface area contributed by atoms with Crippen LogP contribution in [-0.2, 0) is 19.2 Å². The molecule has 2 heterocycles. The molecule has 0 radical (unpaired) electrons. The fraction of sp³-hybridized carbons (Fsp3) is 0.583. The van der Waals surface area contributed by atoms with E-state index in [0.29, 0.717) is 23.2 Å². The van der Waals surface area contributed by atoms with Crippen molar-refractivity contribution in [1.29, 1.82) is 0 Å². The third-order valence-electron chi connectivity index (χ3n) is 3.41. The van der Waals surface area contributed by atoms with Gasteiger partial charge < -0.3 is 14.9 Å². The second-order valence-electron chi connectivity index (χ2n) is 4.85. The van der Waals surface area contributed by atoms with Gasteiger partial charge in [0.05, 0.1) is 4.48 Å². The summed E-state index contributed by atoms with van der Waals surface area (Å²) in [4.78, 5) is 28.9. The predicted octanol–water partition coefficient (Wildman–Crippen LogP) is 0.657. The van der Waals surface area contributed by atoms with E-state index in [4.69, 9.17) is 9.57 Å². The fourth-order valence-electron chi connectivity index (χ4n) is 2.35. The summed E-state index contributed by atoms with van der Waals surface area (Å²) in [6.45, 7) is 2.58. The van der Waals surface area contributed by atoms with E-state index in [2.05, 4.69) is 26.4 Å². The van der Waals surface area contributed by atoms with Gasteiger partial charge in [-0.05, 0) is 28.4 Å². The molecule has 0 aromatic heterocycles. The minimum Gasteiger partial charge on any atom is -0.381 e. The molecule has 1 saturated heterocycles. The normalized spacial score (nSPS) is 35.4. The maximum atomic E-state index is 11.8. The van der Waals surface area contributed by atoms with Gasteiger partial charge in [-0.3, -0.25) is 9.59 Å². The summed E-state index contributed by atoms with van der Waals surface area (Å²) in [7, 11) is 0. The highest BCUT2D eigenvalue weighted by Crippen LogP contribution is 2.47. The summed E-state index contributed by atoms with van der Waals surface area (Å²) in [5.41, 5.74) is -0.468. The van der Waals surface area contributed by atoms with Crippen LogP contribution in [0.25, 0.3) is 0 Å². The summed E-state index contributed by atoms with van der Waals surface area (Å²) >= 11 is 3.20. The zero-order chi connectivity index (χ0) is 13.6. The van der Waals surface area contributed by atoms with Crippen LogP contribution in [0.4, 0.5) is 0 Å². The number of nitrogens with one attached hydrogen (secondary N) is 1. The largest absolute Gasteiger partial charge is 0.381 e. The van der Waals surface area contributed by atoms with Crippen LogP contribution in [-0.4, -0.2) is 41.8 Å². The Morgan fingerprint density at radius 1 is 1.68 bits per heavy atom. The lowest BCUT2D eigenvalue weighted by molar-refractivity contribution is -0.116. The van der Waals surface area contributed by atoms with E-state index in [1.165, 1.54) is 0 Å². The Morgan fingerprint density at radius 2 is 2.47 bits per heavy atom. The Kier molecular flexibility index (Phi) is 2.98. The number of ether oxygens (including phenoxy) is 1. The molecule has 19 heavy (non-hydrogen) atoms. The van der Waals surface area contributed by atoms with E-state index in [1.54, 1.807) is 6.08 Å². The van der Waals surface area contributed by atoms with Crippen molar-refractivity contribution in [3.63, 3.8) is 0 Å². The number of halogens is 1. The Bertz CT molecular complexity index is 516. The smallest absolute Gasteiger partial charge is 0.269 e. The molecule has 3 rings (SSSR count). The van der Waals surface area contributed by atoms with Crippen LogP contribution in [0.15, 0.2) is 15.7 Å². The van der Waals surface area contributed by atoms with Crippen molar-refractivity contribution in [2.24, 2.45) is 5.16 Å². The van der Waals surface area contributed by atoms with Gasteiger partial charge in [-0.25, -0.2) is 0 Å². The van der Waals surface area contributed by atoms with Gasteiger partial charge in [-0.15, -0.1) is 0 Å². The Morgan fingerprint density at radius 3 is 3.21 bits per heavy atom. The maximum absolute atomic E-state index is 11.8. The van der Waals surface area contributed by atoms with Crippen molar-refractivity contribution in [3.8, 4) is 0 Å². The van der Waals surface area contributed by atoms with Crippen LogP contribution in [0.2, 0.25) is 0 Å². The van der Waals surface area contributed by atoms with Gasteiger partial charge >= 0.3 is 0 Å². The van der Waals surface area contributed by atoms with Gasteiger partial charge in [-0.1, -0.05) is 12.1 Å². The number of epoxide rings is 1. The van der Waals surface area contributed by atoms with E-state index < -0.39 is 11.7 Å². The first kappa shape index (κ1) is 12.8. The molecule has 3 atom stereocenters. The zero-order valence-corrected chi connectivity index (χ0v) is 11.9. The molecule has 7 heteroatoms. The molecule has 0 unspecified atom stereocenters. The highest BCUT2D eigenvalue weighted by atomic mass is 79.9. The first-order valence-electron chi connectivity index (χ1n) is 6.18. The first-order valence-corrected chi connectivity index (χ1v) is 6.98. The monoisotopic (exact) mass is 328 g/mol. The number of rotatable bonds is 3. The fourth-order valence-corrected chi connectivity index (χ4v) is 2.96. The molecule has 1 aliphatic carbocycles. The summed E-state index contributed by atoms with van der Waals surface area (Å²) in [6.07, 6.45) is 2.05. The SMILES string of the molecule is CCCNC(=O)C1=NO[C@@]2(C=C(Br)C(=O)[C@H]3O[C@H]32)C1. The molecule has 2 aliphatic heterocycles. The van der Waals surface area contributed by atoms with E-state index in [1.807, 2.05) is 6.92 Å². The first-order chi connectivity index (χ1) is 9.07. The van der Waals surface area contributed by atoms with Gasteiger partial charge in [0.1, 0.15) is 11.8 Å². The van der Waals surface area contributed by atoms with Crippen LogP contribution < -0.4 is 5.32 Å². The number of ketones is 1. The molecule has 0 bridgehead atoms. The van der Waals surface area contributed by atoms with Crippen LogP contribution in [0.3, 0.4) is 0 Å². The number of hydrogen-bond donors (Lipinski definition) is 1. The third-order valence-corrected chi connectivity index (χ3v) is 4.02. The summed E-state index contributed by atoms with van der Waals surface area (Å²) in [6, 6.07) is 0. The average molecular weight is 329 g/mol. The van der Waals surface area contributed by atoms with E-state index in [-0.39, 0.29) is 17.8 Å². The molecular weight excluding hydrogens is 316 g/mol. The van der Waals surface area contributed by atoms with Crippen LogP contribution in [0, 0.1) is 0 Å². The number of hydrogen-bond acceptors (Lipinski definition) is 5. The van der Waals surface area contributed by atoms with Crippen molar-refractivity contribution in [3.05, 3.63) is 10.6 Å². The lowest BCUT2D eigenvalue weighted by Gasteiger charge is -2.23. The Balaban J connectivity index is 1.74. The van der Waals surface area contributed by atoms with Crippen molar-refractivity contribution >= 4 is 33.3 Å². The number of carbonyl (C=O) groups excluding carboxylic acids is 2. The van der Waals surface area contributed by atoms with Crippen molar-refractivity contribution < 1.29 is 19.2 Å². The molecule has 1 fully saturated rings. The molecule has 1 spiro atoms. The Labute approximate surface area is 118 Å². The quantitative estimate of drug-likeness (QED) is 0.771. The van der Waals surface area contributed by atoms with Crippen LogP contribution in [0.5, 0.6) is 0 Å². The van der Waals surface area contributed by atoms with Gasteiger partial charge in [0.15, 0.2) is 11.7 Å². The number of Topliss-reactive ketones (excluding diaryl/α,β-unsaturated/α-hetero) is 1. The van der Waals surface area contributed by atoms with E-state index in [9.17, 15) is 9.59 Å². The minimum atomic E-state index is -0.809. The molecule has 6 nitrogen and oxygen atoms in total. The van der Waals surface area contributed by atoms with Crippen LogP contribution >= 0.6 is 15.9 Å². The topological polar surface area (TPSA) is 80.3 Å². The van der Waals surface area contributed by atoms with Gasteiger partial charge in [-0.2, -0.15) is 0 Å². The molecule has 1 amide bonds. The van der Waals surface area contributed by atoms with E-state index in [0.717, 1.165) is 6.42 Å². The average Bonchev–Trinajstić information content (AvgIpc) is 3.11. The molecule has 1 N–H and O–H groups in total. The molecule has 102 valence electrons. The minimum absolute atomic E-state index is 0.0805. The lowest BCUT2D eigenvalue weighted by Crippen LogP contribution is -2.41. The third kappa shape index (κ3) is 2.01. The lowest BCUT2D eigenvalue weighted by atomic mass is 9.86. The molecule has 0 saturated carbocycles. The predicted molar refractivity (Wildman–Crippen MR) is 69.8 cm³/mol. The zero-order valence-electron chi connectivity index (χ0n) is 10.3. The highest BCUT2D eigenvalue weighted by Gasteiger charge is 2.65. The van der Waals surface area contributed by atoms with Gasteiger partial charge in [0.25, 0.3) is 5.91 Å². The second kappa shape index (κ2) is 4.42. The second-order valence-corrected chi connectivity index (χ2v) is 5.71. The number of carbonyl (C=O) groups is 2. The Hall–Kier alpha value is -1.21. The highest BCUT2D eigenvalue weighted by molar-refractivity contribution is 9.12. The molecule has 0 aromatic carbocycles.